The molecule has 1 aromatic carbocycles. The molecule has 0 radical (unpaired) electrons. The first kappa shape index (κ1) is 9.99. The molecule has 70 valence electrons. The summed E-state index contributed by atoms with van der Waals surface area (Å²) < 4.78 is 22.1. The molecule has 0 bridgehead atoms. The third-order valence-corrected chi connectivity index (χ3v) is 2.96. The Balaban J connectivity index is 2.78. The molecular formula is C10H12O2S. The minimum Gasteiger partial charge on any atom is -0.224 e. The number of allylic oxidation sites excluding steroid dienone is 1. The summed E-state index contributed by atoms with van der Waals surface area (Å²) in [5.74, 6) is 0. The molecule has 0 aliphatic carbocycles. The predicted octanol–water partition coefficient (Wildman–Crippen LogP) is 1.79. The number of sulfone groups is 1. The molecule has 0 spiro atoms. The lowest BCUT2D eigenvalue weighted by molar-refractivity contribution is 0.606. The van der Waals surface area contributed by atoms with Gasteiger partial charge in [0.2, 0.25) is 0 Å². The van der Waals surface area contributed by atoms with Crippen LogP contribution in [-0.4, -0.2) is 14.7 Å². The highest BCUT2D eigenvalue weighted by Crippen LogP contribution is 2.10. The predicted molar refractivity (Wildman–Crippen MR) is 54.1 cm³/mol. The Labute approximate surface area is 78.8 Å². The van der Waals surface area contributed by atoms with Gasteiger partial charge in [0, 0.05) is 17.6 Å². The Morgan fingerprint density at radius 2 is 1.85 bits per heavy atom. The first-order valence-electron chi connectivity index (χ1n) is 3.92. The minimum absolute atomic E-state index is 0.263. The van der Waals surface area contributed by atoms with Crippen molar-refractivity contribution in [2.75, 3.05) is 6.26 Å². The molecule has 0 saturated heterocycles. The molecule has 0 heterocycles. The smallest absolute Gasteiger partial charge is 0.171 e. The lowest BCUT2D eigenvalue weighted by Gasteiger charge is -2.02. The standard InChI is InChI=1S/C10H12O2S/c1-9(13(2,11)12)8-10-6-4-3-5-7-10/h3-7H,1,8H2,2H3. The SMILES string of the molecule is C=C(Cc1ccccc1)S(C)(=O)=O. The van der Waals surface area contributed by atoms with Crippen molar-refractivity contribution in [3.63, 3.8) is 0 Å². The van der Waals surface area contributed by atoms with Gasteiger partial charge in [0.25, 0.3) is 0 Å². The molecule has 3 heteroatoms. The van der Waals surface area contributed by atoms with Gasteiger partial charge in [-0.05, 0) is 5.56 Å². The first-order valence-corrected chi connectivity index (χ1v) is 5.81. The molecule has 2 nitrogen and oxygen atoms in total. The van der Waals surface area contributed by atoms with E-state index in [-0.39, 0.29) is 4.91 Å². The highest BCUT2D eigenvalue weighted by atomic mass is 32.2. The summed E-state index contributed by atoms with van der Waals surface area (Å²) in [4.78, 5) is 0.263. The third kappa shape index (κ3) is 3.03. The van der Waals surface area contributed by atoms with E-state index in [9.17, 15) is 8.42 Å². The minimum atomic E-state index is -3.10. The van der Waals surface area contributed by atoms with Gasteiger partial charge in [-0.1, -0.05) is 36.9 Å². The van der Waals surface area contributed by atoms with Gasteiger partial charge in [0.1, 0.15) is 0 Å². The second kappa shape index (κ2) is 3.75. The maximum absolute atomic E-state index is 11.0. The maximum atomic E-state index is 11.0. The number of hydrogen-bond acceptors (Lipinski definition) is 2. The van der Waals surface area contributed by atoms with E-state index in [4.69, 9.17) is 0 Å². The van der Waals surface area contributed by atoms with Crippen molar-refractivity contribution >= 4 is 9.84 Å². The van der Waals surface area contributed by atoms with Crippen molar-refractivity contribution in [3.05, 3.63) is 47.4 Å². The highest BCUT2D eigenvalue weighted by Gasteiger charge is 2.08. The van der Waals surface area contributed by atoms with E-state index in [1.807, 2.05) is 30.3 Å². The van der Waals surface area contributed by atoms with Crippen LogP contribution >= 0.6 is 0 Å². The van der Waals surface area contributed by atoms with Crippen LogP contribution in [0, 0.1) is 0 Å². The molecule has 0 aliphatic heterocycles. The van der Waals surface area contributed by atoms with Crippen LogP contribution < -0.4 is 0 Å². The van der Waals surface area contributed by atoms with Gasteiger partial charge < -0.3 is 0 Å². The van der Waals surface area contributed by atoms with Crippen molar-refractivity contribution in [3.8, 4) is 0 Å². The fourth-order valence-electron chi connectivity index (χ4n) is 0.955. The molecule has 0 unspecified atom stereocenters. The van der Waals surface area contributed by atoms with Crippen LogP contribution in [-0.2, 0) is 16.3 Å². The van der Waals surface area contributed by atoms with Crippen molar-refractivity contribution in [1.82, 2.24) is 0 Å². The molecule has 0 atom stereocenters. The molecule has 0 N–H and O–H groups in total. The van der Waals surface area contributed by atoms with E-state index in [1.165, 1.54) is 6.26 Å². The maximum Gasteiger partial charge on any atom is 0.171 e. The fraction of sp³-hybridized carbons (Fsp3) is 0.200. The number of hydrogen-bond donors (Lipinski definition) is 0. The van der Waals surface area contributed by atoms with Gasteiger partial charge >= 0.3 is 0 Å². The average Bonchev–Trinajstić information content (AvgIpc) is 2.04. The van der Waals surface area contributed by atoms with Crippen molar-refractivity contribution in [2.45, 2.75) is 6.42 Å². The van der Waals surface area contributed by atoms with Gasteiger partial charge in [-0.3, -0.25) is 0 Å². The molecule has 0 aromatic heterocycles. The Bertz CT molecular complexity index is 390. The largest absolute Gasteiger partial charge is 0.224 e. The average molecular weight is 196 g/mol. The van der Waals surface area contributed by atoms with Gasteiger partial charge in [-0.15, -0.1) is 0 Å². The number of rotatable bonds is 3. The summed E-state index contributed by atoms with van der Waals surface area (Å²) in [5, 5.41) is 0. The van der Waals surface area contributed by atoms with Crippen LogP contribution in [0.1, 0.15) is 5.56 Å². The van der Waals surface area contributed by atoms with E-state index in [0.29, 0.717) is 6.42 Å². The molecular weight excluding hydrogens is 184 g/mol. The summed E-state index contributed by atoms with van der Waals surface area (Å²) in [6, 6.07) is 9.43. The van der Waals surface area contributed by atoms with Gasteiger partial charge in [0.15, 0.2) is 9.84 Å². The summed E-state index contributed by atoms with van der Waals surface area (Å²) in [7, 11) is -3.10. The lowest BCUT2D eigenvalue weighted by Crippen LogP contribution is -2.02. The summed E-state index contributed by atoms with van der Waals surface area (Å²) in [5.41, 5.74) is 0.970. The monoisotopic (exact) mass is 196 g/mol. The van der Waals surface area contributed by atoms with E-state index < -0.39 is 9.84 Å². The summed E-state index contributed by atoms with van der Waals surface area (Å²) in [6.45, 7) is 3.53. The van der Waals surface area contributed by atoms with Crippen LogP contribution in [0.3, 0.4) is 0 Å². The summed E-state index contributed by atoms with van der Waals surface area (Å²) >= 11 is 0. The van der Waals surface area contributed by atoms with E-state index in [2.05, 4.69) is 6.58 Å². The highest BCUT2D eigenvalue weighted by molar-refractivity contribution is 7.94. The first-order chi connectivity index (χ1) is 6.00. The Morgan fingerprint density at radius 1 is 1.31 bits per heavy atom. The zero-order chi connectivity index (χ0) is 9.90. The van der Waals surface area contributed by atoms with Crippen molar-refractivity contribution in [1.29, 1.82) is 0 Å². The molecule has 0 amide bonds. The molecule has 13 heavy (non-hydrogen) atoms. The second-order valence-electron chi connectivity index (χ2n) is 2.97. The Hall–Kier alpha value is -1.09. The topological polar surface area (TPSA) is 34.1 Å². The lowest BCUT2D eigenvalue weighted by atomic mass is 10.1. The Kier molecular flexibility index (Phi) is 2.88. The van der Waals surface area contributed by atoms with Gasteiger partial charge in [0.05, 0.1) is 0 Å². The zero-order valence-electron chi connectivity index (χ0n) is 7.53. The van der Waals surface area contributed by atoms with E-state index >= 15 is 0 Å². The molecule has 1 rings (SSSR count). The molecule has 1 aromatic rings. The molecule has 0 saturated carbocycles. The zero-order valence-corrected chi connectivity index (χ0v) is 8.34. The quantitative estimate of drug-likeness (QED) is 0.738. The fourth-order valence-corrected chi connectivity index (χ4v) is 1.38. The third-order valence-electron chi connectivity index (χ3n) is 1.77. The Morgan fingerprint density at radius 3 is 2.31 bits per heavy atom. The van der Waals surface area contributed by atoms with E-state index in [1.54, 1.807) is 0 Å². The van der Waals surface area contributed by atoms with Crippen molar-refractivity contribution < 1.29 is 8.42 Å². The van der Waals surface area contributed by atoms with Crippen LogP contribution in [0.15, 0.2) is 41.8 Å². The van der Waals surface area contributed by atoms with Crippen LogP contribution in [0.4, 0.5) is 0 Å². The van der Waals surface area contributed by atoms with Gasteiger partial charge in [-0.25, -0.2) is 8.42 Å². The number of benzene rings is 1. The van der Waals surface area contributed by atoms with Crippen LogP contribution in [0.5, 0.6) is 0 Å². The van der Waals surface area contributed by atoms with E-state index in [0.717, 1.165) is 5.56 Å². The normalized spacial score (nSPS) is 11.2. The van der Waals surface area contributed by atoms with Crippen molar-refractivity contribution in [2.24, 2.45) is 0 Å². The second-order valence-corrected chi connectivity index (χ2v) is 5.09. The van der Waals surface area contributed by atoms with Gasteiger partial charge in [-0.2, -0.15) is 0 Å². The molecule has 0 aliphatic rings. The van der Waals surface area contributed by atoms with Crippen LogP contribution in [0.2, 0.25) is 0 Å². The summed E-state index contributed by atoms with van der Waals surface area (Å²) in [6.07, 6.45) is 1.58. The van der Waals surface area contributed by atoms with Crippen LogP contribution in [0.25, 0.3) is 0 Å². The molecule has 0 fully saturated rings.